The van der Waals surface area contributed by atoms with Crippen molar-refractivity contribution in [3.63, 3.8) is 0 Å². The Kier molecular flexibility index (Phi) is 7.70. The summed E-state index contributed by atoms with van der Waals surface area (Å²) < 4.78 is 13.4. The molecular formula is C54H40N2O2. The van der Waals surface area contributed by atoms with E-state index in [1.807, 2.05) is 0 Å². The first-order valence-corrected chi connectivity index (χ1v) is 19.9. The Labute approximate surface area is 336 Å². The average molecular weight is 749 g/mol. The zero-order chi connectivity index (χ0) is 39.1. The number of nitrogens with zero attached hydrogens (tertiary/aromatic N) is 2. The van der Waals surface area contributed by atoms with Crippen LogP contribution in [0.25, 0.3) is 65.4 Å². The van der Waals surface area contributed by atoms with Crippen LogP contribution >= 0.6 is 0 Å². The molecule has 4 heteroatoms. The van der Waals surface area contributed by atoms with Crippen LogP contribution in [-0.4, -0.2) is 0 Å². The lowest BCUT2D eigenvalue weighted by Gasteiger charge is -2.26. The van der Waals surface area contributed by atoms with Crippen molar-refractivity contribution in [1.29, 1.82) is 0 Å². The molecule has 0 bridgehead atoms. The van der Waals surface area contributed by atoms with Gasteiger partial charge in [0.05, 0.1) is 5.39 Å². The number of rotatable bonds is 6. The highest BCUT2D eigenvalue weighted by atomic mass is 16.3. The summed E-state index contributed by atoms with van der Waals surface area (Å²) in [6, 6.07) is 61.2. The summed E-state index contributed by atoms with van der Waals surface area (Å²) in [5.74, 6) is 0. The molecule has 2 aromatic heterocycles. The number of anilines is 6. The summed E-state index contributed by atoms with van der Waals surface area (Å²) in [6.45, 7) is 8.63. The molecule has 0 N–H and O–H groups in total. The van der Waals surface area contributed by atoms with Gasteiger partial charge in [0.15, 0.2) is 0 Å². The molecule has 0 radical (unpaired) electrons. The summed E-state index contributed by atoms with van der Waals surface area (Å²) in [6.07, 6.45) is 0. The summed E-state index contributed by atoms with van der Waals surface area (Å²) in [5, 5.41) is 8.77. The van der Waals surface area contributed by atoms with Gasteiger partial charge in [0.1, 0.15) is 22.3 Å². The van der Waals surface area contributed by atoms with Crippen LogP contribution < -0.4 is 9.80 Å². The summed E-state index contributed by atoms with van der Waals surface area (Å²) in [4.78, 5) is 4.66. The molecule has 0 atom stereocenters. The van der Waals surface area contributed by atoms with E-state index in [1.54, 1.807) is 0 Å². The number of aryl methyl sites for hydroxylation is 4. The van der Waals surface area contributed by atoms with Crippen LogP contribution in [0.4, 0.5) is 34.1 Å². The van der Waals surface area contributed by atoms with E-state index in [2.05, 4.69) is 207 Å². The molecule has 0 saturated heterocycles. The Morgan fingerprint density at radius 1 is 0.310 bits per heavy atom. The van der Waals surface area contributed by atoms with E-state index in [1.165, 1.54) is 22.3 Å². The van der Waals surface area contributed by atoms with E-state index in [9.17, 15) is 0 Å². The van der Waals surface area contributed by atoms with Crippen LogP contribution in [-0.2, 0) is 0 Å². The van der Waals surface area contributed by atoms with Crippen LogP contribution in [0, 0.1) is 27.7 Å². The van der Waals surface area contributed by atoms with Crippen molar-refractivity contribution < 1.29 is 8.83 Å². The Balaban J connectivity index is 1.04. The zero-order valence-corrected chi connectivity index (χ0v) is 32.9. The molecule has 58 heavy (non-hydrogen) atoms. The fourth-order valence-electron chi connectivity index (χ4n) is 9.04. The summed E-state index contributed by atoms with van der Waals surface area (Å²) in [7, 11) is 0. The standard InChI is InChI=1S/C54H40N2O2/c1-33-21-34(2)24-45(23-33)55(41-11-7-5-8-12-41)43-17-15-37-29-48-47-19-20-50-53(54(47)58-51(48)31-39(37)27-43)49-30-38-16-18-44(28-40(38)32-52(49)57-50)56(42-13-9-6-10-14-42)46-25-35(3)22-36(4)26-46/h5-32H,1-4H3. The molecule has 11 aromatic rings. The van der Waals surface area contributed by atoms with Crippen molar-refractivity contribution in [2.45, 2.75) is 27.7 Å². The molecule has 11 rings (SSSR count). The summed E-state index contributed by atoms with van der Waals surface area (Å²) in [5.41, 5.74) is 15.0. The number of furan rings is 2. The number of hydrogen-bond acceptors (Lipinski definition) is 4. The second-order valence-electron chi connectivity index (χ2n) is 15.8. The molecule has 0 saturated carbocycles. The van der Waals surface area contributed by atoms with Crippen LogP contribution in [0.1, 0.15) is 22.3 Å². The van der Waals surface area contributed by atoms with E-state index in [-0.39, 0.29) is 0 Å². The van der Waals surface area contributed by atoms with Crippen molar-refractivity contribution in [3.05, 3.63) is 192 Å². The maximum atomic E-state index is 6.84. The molecule has 9 aromatic carbocycles. The quantitative estimate of drug-likeness (QED) is 0.170. The lowest BCUT2D eigenvalue weighted by Crippen LogP contribution is -2.10. The van der Waals surface area contributed by atoms with Gasteiger partial charge < -0.3 is 18.6 Å². The minimum absolute atomic E-state index is 0.817. The number of fused-ring (bicyclic) bond motifs is 9. The molecule has 0 unspecified atom stereocenters. The van der Waals surface area contributed by atoms with E-state index < -0.39 is 0 Å². The van der Waals surface area contributed by atoms with Gasteiger partial charge in [-0.3, -0.25) is 0 Å². The third kappa shape index (κ3) is 5.68. The molecule has 0 spiro atoms. The largest absolute Gasteiger partial charge is 0.456 e. The first-order chi connectivity index (χ1) is 28.3. The monoisotopic (exact) mass is 748 g/mol. The van der Waals surface area contributed by atoms with Crippen molar-refractivity contribution in [1.82, 2.24) is 0 Å². The second kappa shape index (κ2) is 13.1. The van der Waals surface area contributed by atoms with Crippen LogP contribution in [0.2, 0.25) is 0 Å². The Hall–Kier alpha value is -7.30. The molecule has 0 aliphatic rings. The van der Waals surface area contributed by atoms with Crippen LogP contribution in [0.5, 0.6) is 0 Å². The van der Waals surface area contributed by atoms with Crippen molar-refractivity contribution in [3.8, 4) is 0 Å². The molecule has 2 heterocycles. The van der Waals surface area contributed by atoms with Gasteiger partial charge in [-0.05, 0) is 181 Å². The Morgan fingerprint density at radius 3 is 1.31 bits per heavy atom. The van der Waals surface area contributed by atoms with Gasteiger partial charge in [-0.1, -0.05) is 60.7 Å². The van der Waals surface area contributed by atoms with E-state index in [0.717, 1.165) is 99.5 Å². The molecule has 0 aliphatic heterocycles. The van der Waals surface area contributed by atoms with E-state index in [4.69, 9.17) is 8.83 Å². The Bertz CT molecular complexity index is 3350. The smallest absolute Gasteiger partial charge is 0.147 e. The lowest BCUT2D eigenvalue weighted by molar-refractivity contribution is 0.663. The average Bonchev–Trinajstić information content (AvgIpc) is 3.76. The lowest BCUT2D eigenvalue weighted by atomic mass is 10.0. The summed E-state index contributed by atoms with van der Waals surface area (Å²) >= 11 is 0. The topological polar surface area (TPSA) is 32.8 Å². The second-order valence-corrected chi connectivity index (χ2v) is 15.8. The molecular weight excluding hydrogens is 709 g/mol. The van der Waals surface area contributed by atoms with Gasteiger partial charge in [-0.15, -0.1) is 0 Å². The predicted molar refractivity (Wildman–Crippen MR) is 244 cm³/mol. The minimum atomic E-state index is 0.817. The minimum Gasteiger partial charge on any atom is -0.456 e. The normalized spacial score (nSPS) is 11.8. The van der Waals surface area contributed by atoms with Crippen LogP contribution in [0.3, 0.4) is 0 Å². The number of para-hydroxylation sites is 2. The highest BCUT2D eigenvalue weighted by molar-refractivity contribution is 6.24. The van der Waals surface area contributed by atoms with Gasteiger partial charge in [0, 0.05) is 50.3 Å². The van der Waals surface area contributed by atoms with Crippen molar-refractivity contribution in [2.24, 2.45) is 0 Å². The van der Waals surface area contributed by atoms with Gasteiger partial charge in [-0.2, -0.15) is 0 Å². The molecule has 0 fully saturated rings. The molecule has 0 amide bonds. The zero-order valence-electron chi connectivity index (χ0n) is 32.9. The van der Waals surface area contributed by atoms with Crippen molar-refractivity contribution >= 4 is 99.5 Å². The first-order valence-electron chi connectivity index (χ1n) is 19.9. The van der Waals surface area contributed by atoms with Gasteiger partial charge in [0.25, 0.3) is 0 Å². The highest BCUT2D eigenvalue weighted by Gasteiger charge is 2.20. The molecule has 4 nitrogen and oxygen atoms in total. The molecule has 0 aliphatic carbocycles. The van der Waals surface area contributed by atoms with Gasteiger partial charge in [-0.25, -0.2) is 0 Å². The number of hydrogen-bond donors (Lipinski definition) is 0. The highest BCUT2D eigenvalue weighted by Crippen LogP contribution is 2.44. The van der Waals surface area contributed by atoms with Crippen LogP contribution in [0.15, 0.2) is 179 Å². The van der Waals surface area contributed by atoms with Crippen molar-refractivity contribution in [2.75, 3.05) is 9.80 Å². The fraction of sp³-hybridized carbons (Fsp3) is 0.0741. The third-order valence-corrected chi connectivity index (χ3v) is 11.4. The van der Waals surface area contributed by atoms with E-state index >= 15 is 0 Å². The fourth-order valence-corrected chi connectivity index (χ4v) is 9.04. The first kappa shape index (κ1) is 34.0. The molecule has 278 valence electrons. The SMILES string of the molecule is Cc1cc(C)cc(N(c2ccccc2)c2ccc3cc4c(cc3c2)oc2c4ccc3oc4cc5cc(N(c6ccccc6)c6cc(C)cc(C)c6)ccc5cc4c32)c1. The maximum absolute atomic E-state index is 6.84. The van der Waals surface area contributed by atoms with E-state index in [0.29, 0.717) is 0 Å². The van der Waals surface area contributed by atoms with Gasteiger partial charge >= 0.3 is 0 Å². The predicted octanol–water partition coefficient (Wildman–Crippen LogP) is 16.0. The Morgan fingerprint density at radius 2 is 0.793 bits per heavy atom. The number of benzene rings is 9. The maximum Gasteiger partial charge on any atom is 0.147 e. The third-order valence-electron chi connectivity index (χ3n) is 11.4. The van der Waals surface area contributed by atoms with Gasteiger partial charge in [0.2, 0.25) is 0 Å².